The second-order valence-electron chi connectivity index (χ2n) is 9.95. The first-order valence-corrected chi connectivity index (χ1v) is 13.3. The number of carbonyl (C=O) groups is 1. The highest BCUT2D eigenvalue weighted by Crippen LogP contribution is 2.29. The first-order chi connectivity index (χ1) is 16.6. The van der Waals surface area contributed by atoms with Crippen molar-refractivity contribution in [2.24, 2.45) is 5.92 Å². The summed E-state index contributed by atoms with van der Waals surface area (Å²) in [5, 5.41) is 15.4. The lowest BCUT2D eigenvalue weighted by Gasteiger charge is -2.28. The van der Waals surface area contributed by atoms with Crippen LogP contribution in [0, 0.1) is 5.92 Å². The van der Waals surface area contributed by atoms with Gasteiger partial charge in [0.25, 0.3) is 5.91 Å². The molecule has 1 saturated heterocycles. The van der Waals surface area contributed by atoms with E-state index in [1.807, 2.05) is 18.2 Å². The molecule has 184 valence electrons. The molecule has 2 aliphatic rings. The van der Waals surface area contributed by atoms with Crippen LogP contribution in [0.5, 0.6) is 5.75 Å². The minimum atomic E-state index is -0.140. The molecule has 2 fully saturated rings. The van der Waals surface area contributed by atoms with E-state index in [0.717, 1.165) is 80.6 Å². The van der Waals surface area contributed by atoms with Crippen LogP contribution in [0.3, 0.4) is 0 Å². The van der Waals surface area contributed by atoms with Gasteiger partial charge in [0.05, 0.1) is 11.8 Å². The molecule has 0 radical (unpaired) electrons. The van der Waals surface area contributed by atoms with E-state index in [1.54, 1.807) is 0 Å². The van der Waals surface area contributed by atoms with Crippen LogP contribution in [0.2, 0.25) is 0 Å². The van der Waals surface area contributed by atoms with Crippen LogP contribution >= 0.6 is 0 Å². The lowest BCUT2D eigenvalue weighted by atomic mass is 9.91. The molecule has 6 heteroatoms. The molecule has 1 saturated carbocycles. The average Bonchev–Trinajstić information content (AvgIpc) is 2.89. The van der Waals surface area contributed by atoms with E-state index in [0.29, 0.717) is 17.7 Å². The molecule has 0 bridgehead atoms. The van der Waals surface area contributed by atoms with Gasteiger partial charge in [0.15, 0.2) is 5.69 Å². The topological polar surface area (TPSA) is 76.1 Å². The standard InChI is InChI=1S/C28H40N4O2/c1-3-4-10-26-25(22-11-13-24(14-12-22)34-23-8-6-5-7-9-23)19-27(32-31-26)28(33)30-20(2)21-15-17-29-18-16-21/h11-14,19-21,23,29H,3-10,15-18H2,1-2H3,(H,30,33). The molecule has 2 heterocycles. The second-order valence-corrected chi connectivity index (χ2v) is 9.95. The Bertz CT molecular complexity index is 919. The molecular formula is C28H40N4O2. The van der Waals surface area contributed by atoms with Crippen molar-refractivity contribution >= 4 is 5.91 Å². The Balaban J connectivity index is 1.50. The molecule has 1 aromatic carbocycles. The van der Waals surface area contributed by atoms with Crippen LogP contribution < -0.4 is 15.4 Å². The van der Waals surface area contributed by atoms with Crippen LogP contribution in [0.1, 0.15) is 87.8 Å². The summed E-state index contributed by atoms with van der Waals surface area (Å²) in [6, 6.07) is 10.3. The van der Waals surface area contributed by atoms with Crippen LogP contribution in [-0.2, 0) is 6.42 Å². The van der Waals surface area contributed by atoms with Crippen molar-refractivity contribution < 1.29 is 9.53 Å². The molecular weight excluding hydrogens is 424 g/mol. The Kier molecular flexibility index (Phi) is 8.91. The van der Waals surface area contributed by atoms with Gasteiger partial charge in [-0.1, -0.05) is 31.9 Å². The van der Waals surface area contributed by atoms with Gasteiger partial charge in [-0.15, -0.1) is 5.10 Å². The number of piperidine rings is 1. The number of benzene rings is 1. The molecule has 1 aromatic heterocycles. The predicted molar refractivity (Wildman–Crippen MR) is 136 cm³/mol. The van der Waals surface area contributed by atoms with Crippen molar-refractivity contribution in [1.82, 2.24) is 20.8 Å². The number of unbranched alkanes of at least 4 members (excludes halogenated alkanes) is 1. The van der Waals surface area contributed by atoms with Crippen molar-refractivity contribution in [3.05, 3.63) is 41.7 Å². The van der Waals surface area contributed by atoms with Gasteiger partial charge in [-0.3, -0.25) is 4.79 Å². The van der Waals surface area contributed by atoms with Gasteiger partial charge in [-0.05, 0) is 101 Å². The summed E-state index contributed by atoms with van der Waals surface area (Å²) >= 11 is 0. The summed E-state index contributed by atoms with van der Waals surface area (Å²) in [5.74, 6) is 1.28. The average molecular weight is 465 g/mol. The number of hydrogen-bond acceptors (Lipinski definition) is 5. The third-order valence-corrected chi connectivity index (χ3v) is 7.34. The van der Waals surface area contributed by atoms with E-state index in [2.05, 4.69) is 46.8 Å². The number of nitrogens with one attached hydrogen (secondary N) is 2. The summed E-state index contributed by atoms with van der Waals surface area (Å²) in [4.78, 5) is 13.0. The number of nitrogens with zero attached hydrogens (tertiary/aromatic N) is 2. The Labute approximate surface area is 204 Å². The maximum atomic E-state index is 13.0. The highest BCUT2D eigenvalue weighted by atomic mass is 16.5. The number of aromatic nitrogens is 2. The highest BCUT2D eigenvalue weighted by Gasteiger charge is 2.23. The van der Waals surface area contributed by atoms with Crippen molar-refractivity contribution in [3.8, 4) is 16.9 Å². The Morgan fingerprint density at radius 1 is 1.09 bits per heavy atom. The fraction of sp³-hybridized carbons (Fsp3) is 0.607. The third-order valence-electron chi connectivity index (χ3n) is 7.34. The summed E-state index contributed by atoms with van der Waals surface area (Å²) in [6.07, 6.45) is 11.6. The monoisotopic (exact) mass is 464 g/mol. The summed E-state index contributed by atoms with van der Waals surface area (Å²) in [6.45, 7) is 6.31. The summed E-state index contributed by atoms with van der Waals surface area (Å²) in [7, 11) is 0. The SMILES string of the molecule is CCCCc1nnc(C(=O)NC(C)C2CCNCC2)cc1-c1ccc(OC2CCCCC2)cc1. The number of aryl methyl sites for hydroxylation is 1. The van der Waals surface area contributed by atoms with Gasteiger partial charge >= 0.3 is 0 Å². The van der Waals surface area contributed by atoms with Gasteiger partial charge in [0.1, 0.15) is 5.75 Å². The Morgan fingerprint density at radius 3 is 2.53 bits per heavy atom. The maximum Gasteiger partial charge on any atom is 0.272 e. The summed E-state index contributed by atoms with van der Waals surface area (Å²) < 4.78 is 6.21. The molecule has 1 aliphatic carbocycles. The number of ether oxygens (including phenoxy) is 1. The van der Waals surface area contributed by atoms with E-state index in [-0.39, 0.29) is 11.9 Å². The van der Waals surface area contributed by atoms with Crippen LogP contribution in [-0.4, -0.2) is 41.3 Å². The molecule has 2 N–H and O–H groups in total. The fourth-order valence-electron chi connectivity index (χ4n) is 5.14. The fourth-order valence-corrected chi connectivity index (χ4v) is 5.14. The van der Waals surface area contributed by atoms with Crippen molar-refractivity contribution in [2.75, 3.05) is 13.1 Å². The lowest BCUT2D eigenvalue weighted by molar-refractivity contribution is 0.0914. The first-order valence-electron chi connectivity index (χ1n) is 13.3. The zero-order chi connectivity index (χ0) is 23.8. The molecule has 1 unspecified atom stereocenters. The molecule has 2 aromatic rings. The molecule has 1 aliphatic heterocycles. The molecule has 34 heavy (non-hydrogen) atoms. The van der Waals surface area contributed by atoms with Gasteiger partial charge in [-0.2, -0.15) is 5.10 Å². The molecule has 1 atom stereocenters. The van der Waals surface area contributed by atoms with Crippen LogP contribution in [0.25, 0.3) is 11.1 Å². The zero-order valence-electron chi connectivity index (χ0n) is 20.8. The summed E-state index contributed by atoms with van der Waals surface area (Å²) in [5.41, 5.74) is 3.38. The predicted octanol–water partition coefficient (Wildman–Crippen LogP) is 5.32. The first kappa shape index (κ1) is 24.6. The molecule has 0 spiro atoms. The normalized spacial score (nSPS) is 18.4. The van der Waals surface area contributed by atoms with Gasteiger partial charge < -0.3 is 15.4 Å². The third kappa shape index (κ3) is 6.56. The van der Waals surface area contributed by atoms with Gasteiger partial charge in [0, 0.05) is 11.6 Å². The largest absolute Gasteiger partial charge is 0.490 e. The van der Waals surface area contributed by atoms with Crippen LogP contribution in [0.4, 0.5) is 0 Å². The lowest BCUT2D eigenvalue weighted by Crippen LogP contribution is -2.42. The number of carbonyl (C=O) groups excluding carboxylic acids is 1. The van der Waals surface area contributed by atoms with E-state index in [9.17, 15) is 4.79 Å². The van der Waals surface area contributed by atoms with E-state index < -0.39 is 0 Å². The second kappa shape index (κ2) is 12.3. The van der Waals surface area contributed by atoms with Crippen molar-refractivity contribution in [1.29, 1.82) is 0 Å². The number of amides is 1. The zero-order valence-corrected chi connectivity index (χ0v) is 20.8. The smallest absolute Gasteiger partial charge is 0.272 e. The van der Waals surface area contributed by atoms with Crippen molar-refractivity contribution in [3.63, 3.8) is 0 Å². The van der Waals surface area contributed by atoms with Crippen LogP contribution in [0.15, 0.2) is 30.3 Å². The quantitative estimate of drug-likeness (QED) is 0.526. The van der Waals surface area contributed by atoms with Crippen molar-refractivity contribution in [2.45, 2.75) is 90.2 Å². The van der Waals surface area contributed by atoms with E-state index in [1.165, 1.54) is 19.3 Å². The number of rotatable bonds is 9. The van der Waals surface area contributed by atoms with E-state index >= 15 is 0 Å². The molecule has 6 nitrogen and oxygen atoms in total. The minimum Gasteiger partial charge on any atom is -0.490 e. The number of hydrogen-bond donors (Lipinski definition) is 2. The Morgan fingerprint density at radius 2 is 1.82 bits per heavy atom. The van der Waals surface area contributed by atoms with Gasteiger partial charge in [0.2, 0.25) is 0 Å². The maximum absolute atomic E-state index is 13.0. The minimum absolute atomic E-state index is 0.121. The Hall–Kier alpha value is -2.47. The van der Waals surface area contributed by atoms with E-state index in [4.69, 9.17) is 4.74 Å². The highest BCUT2D eigenvalue weighted by molar-refractivity contribution is 5.93. The molecule has 1 amide bonds. The van der Waals surface area contributed by atoms with Gasteiger partial charge in [-0.25, -0.2) is 0 Å². The molecule has 4 rings (SSSR count).